The van der Waals surface area contributed by atoms with Crippen LogP contribution in [0.3, 0.4) is 0 Å². The van der Waals surface area contributed by atoms with E-state index in [1.807, 2.05) is 45.0 Å². The van der Waals surface area contributed by atoms with Crippen LogP contribution in [0.25, 0.3) is 10.9 Å². The van der Waals surface area contributed by atoms with Gasteiger partial charge in [0.15, 0.2) is 11.0 Å². The smallest absolute Gasteiger partial charge is 0.262 e. The summed E-state index contributed by atoms with van der Waals surface area (Å²) in [6.07, 6.45) is 1.60. The van der Waals surface area contributed by atoms with E-state index in [4.69, 9.17) is 4.52 Å². The summed E-state index contributed by atoms with van der Waals surface area (Å²) in [5.41, 5.74) is 0.709. The molecular weight excluding hydrogens is 324 g/mol. The molecule has 2 aromatic heterocycles. The fourth-order valence-electron chi connectivity index (χ4n) is 2.44. The molecule has 6 nitrogen and oxygen atoms in total. The highest BCUT2D eigenvalue weighted by Gasteiger charge is 2.19. The second-order valence-electron chi connectivity index (χ2n) is 5.53. The normalized spacial score (nSPS) is 12.6. The molecule has 24 heavy (non-hydrogen) atoms. The summed E-state index contributed by atoms with van der Waals surface area (Å²) >= 11 is 1.47. The Kier molecular flexibility index (Phi) is 4.99. The van der Waals surface area contributed by atoms with Gasteiger partial charge in [-0.2, -0.15) is 4.98 Å². The van der Waals surface area contributed by atoms with Crippen LogP contribution < -0.4 is 5.56 Å². The van der Waals surface area contributed by atoms with Crippen LogP contribution in [0.15, 0.2) is 38.7 Å². The molecule has 0 aliphatic heterocycles. The number of aryl methyl sites for hydroxylation is 1. The number of para-hydroxylation sites is 1. The summed E-state index contributed by atoms with van der Waals surface area (Å²) in [7, 11) is 0. The van der Waals surface area contributed by atoms with Gasteiger partial charge in [-0.15, -0.1) is 0 Å². The molecule has 0 saturated heterocycles. The summed E-state index contributed by atoms with van der Waals surface area (Å²) < 4.78 is 7.05. The van der Waals surface area contributed by atoms with Crippen molar-refractivity contribution in [1.82, 2.24) is 19.7 Å². The average molecular weight is 344 g/mol. The SMILES string of the molecule is CCCn1c(SC(C)c2nc(CC)no2)nc2ccccc2c1=O. The number of benzene rings is 1. The van der Waals surface area contributed by atoms with Gasteiger partial charge in [-0.1, -0.05) is 42.9 Å². The molecule has 2 heterocycles. The highest BCUT2D eigenvalue weighted by Crippen LogP contribution is 2.33. The lowest BCUT2D eigenvalue weighted by atomic mass is 10.2. The topological polar surface area (TPSA) is 73.8 Å². The molecule has 1 unspecified atom stereocenters. The van der Waals surface area contributed by atoms with Crippen LogP contribution in [-0.4, -0.2) is 19.7 Å². The van der Waals surface area contributed by atoms with Gasteiger partial charge in [0.1, 0.15) is 0 Å². The molecular formula is C17H20N4O2S. The number of thioether (sulfide) groups is 1. The van der Waals surface area contributed by atoms with Gasteiger partial charge < -0.3 is 4.52 Å². The first-order valence-corrected chi connectivity index (χ1v) is 9.00. The third-order valence-corrected chi connectivity index (χ3v) is 4.78. The van der Waals surface area contributed by atoms with Crippen LogP contribution in [0, 0.1) is 0 Å². The van der Waals surface area contributed by atoms with Crippen molar-refractivity contribution in [3.8, 4) is 0 Å². The molecule has 0 aliphatic rings. The lowest BCUT2D eigenvalue weighted by Crippen LogP contribution is -2.23. The van der Waals surface area contributed by atoms with Crippen molar-refractivity contribution < 1.29 is 4.52 Å². The van der Waals surface area contributed by atoms with Crippen LogP contribution in [0.2, 0.25) is 0 Å². The van der Waals surface area contributed by atoms with E-state index in [1.54, 1.807) is 4.57 Å². The summed E-state index contributed by atoms with van der Waals surface area (Å²) in [5, 5.41) is 5.19. The molecule has 0 aliphatic carbocycles. The van der Waals surface area contributed by atoms with Crippen LogP contribution >= 0.6 is 11.8 Å². The molecule has 0 fully saturated rings. The fraction of sp³-hybridized carbons (Fsp3) is 0.412. The first kappa shape index (κ1) is 16.7. The van der Waals surface area contributed by atoms with E-state index in [2.05, 4.69) is 15.1 Å². The van der Waals surface area contributed by atoms with Crippen molar-refractivity contribution in [2.45, 2.75) is 50.6 Å². The first-order chi connectivity index (χ1) is 11.6. The van der Waals surface area contributed by atoms with E-state index < -0.39 is 0 Å². The van der Waals surface area contributed by atoms with Gasteiger partial charge in [0.2, 0.25) is 5.89 Å². The minimum atomic E-state index is -0.0750. The van der Waals surface area contributed by atoms with Crippen LogP contribution in [-0.2, 0) is 13.0 Å². The molecule has 0 bridgehead atoms. The monoisotopic (exact) mass is 344 g/mol. The van der Waals surface area contributed by atoms with Gasteiger partial charge in [0, 0.05) is 13.0 Å². The van der Waals surface area contributed by atoms with E-state index in [0.717, 1.165) is 12.8 Å². The Bertz CT molecular complexity index is 903. The Morgan fingerprint density at radius 3 is 2.75 bits per heavy atom. The minimum Gasteiger partial charge on any atom is -0.338 e. The van der Waals surface area contributed by atoms with Crippen LogP contribution in [0.1, 0.15) is 44.2 Å². The molecule has 0 saturated carbocycles. The maximum atomic E-state index is 12.8. The fourth-order valence-corrected chi connectivity index (χ4v) is 3.41. The van der Waals surface area contributed by atoms with E-state index in [1.165, 1.54) is 11.8 Å². The molecule has 1 aromatic carbocycles. The third kappa shape index (κ3) is 3.21. The van der Waals surface area contributed by atoms with Gasteiger partial charge in [-0.05, 0) is 25.5 Å². The van der Waals surface area contributed by atoms with Crippen molar-refractivity contribution in [3.05, 3.63) is 46.3 Å². The maximum absolute atomic E-state index is 12.8. The van der Waals surface area contributed by atoms with Crippen molar-refractivity contribution in [2.75, 3.05) is 0 Å². The highest BCUT2D eigenvalue weighted by molar-refractivity contribution is 7.99. The van der Waals surface area contributed by atoms with E-state index in [9.17, 15) is 4.79 Å². The number of nitrogens with zero attached hydrogens (tertiary/aromatic N) is 4. The standard InChI is InChI=1S/C17H20N4O2S/c1-4-10-21-16(22)12-8-6-7-9-13(12)18-17(21)24-11(3)15-19-14(5-2)20-23-15/h6-9,11H,4-5,10H2,1-3H3. The zero-order valence-electron chi connectivity index (χ0n) is 14.0. The Labute approximate surface area is 144 Å². The Hall–Kier alpha value is -2.15. The second-order valence-corrected chi connectivity index (χ2v) is 6.84. The Morgan fingerprint density at radius 1 is 1.25 bits per heavy atom. The molecule has 7 heteroatoms. The quantitative estimate of drug-likeness (QED) is 0.502. The van der Waals surface area contributed by atoms with Crippen LogP contribution in [0.5, 0.6) is 0 Å². The minimum absolute atomic E-state index is 0.00285. The van der Waals surface area contributed by atoms with Crippen molar-refractivity contribution in [2.24, 2.45) is 0 Å². The highest BCUT2D eigenvalue weighted by atomic mass is 32.2. The predicted molar refractivity (Wildman–Crippen MR) is 94.2 cm³/mol. The molecule has 3 aromatic rings. The van der Waals surface area contributed by atoms with E-state index in [-0.39, 0.29) is 10.8 Å². The second kappa shape index (κ2) is 7.17. The van der Waals surface area contributed by atoms with Gasteiger partial charge in [0.05, 0.1) is 16.2 Å². The Balaban J connectivity index is 2.00. The number of hydrogen-bond donors (Lipinski definition) is 0. The van der Waals surface area contributed by atoms with Gasteiger partial charge in [0.25, 0.3) is 5.56 Å². The third-order valence-electron chi connectivity index (χ3n) is 3.70. The zero-order valence-corrected chi connectivity index (χ0v) is 14.8. The molecule has 0 radical (unpaired) electrons. The lowest BCUT2D eigenvalue weighted by molar-refractivity contribution is 0.375. The van der Waals surface area contributed by atoms with Gasteiger partial charge >= 0.3 is 0 Å². The summed E-state index contributed by atoms with van der Waals surface area (Å²) in [6.45, 7) is 6.65. The maximum Gasteiger partial charge on any atom is 0.262 e. The van der Waals surface area contributed by atoms with E-state index in [0.29, 0.717) is 34.3 Å². The van der Waals surface area contributed by atoms with Crippen molar-refractivity contribution in [3.63, 3.8) is 0 Å². The molecule has 1 atom stereocenters. The number of rotatable bonds is 6. The molecule has 3 rings (SSSR count). The number of fused-ring (bicyclic) bond motifs is 1. The Morgan fingerprint density at radius 2 is 2.04 bits per heavy atom. The lowest BCUT2D eigenvalue weighted by Gasteiger charge is -2.14. The summed E-state index contributed by atoms with van der Waals surface area (Å²) in [5.74, 6) is 1.25. The molecule has 0 N–H and O–H groups in total. The van der Waals surface area contributed by atoms with Crippen molar-refractivity contribution in [1.29, 1.82) is 0 Å². The molecule has 0 amide bonds. The summed E-state index contributed by atoms with van der Waals surface area (Å²) in [6, 6.07) is 7.44. The van der Waals surface area contributed by atoms with E-state index >= 15 is 0 Å². The van der Waals surface area contributed by atoms with Gasteiger partial charge in [-0.25, -0.2) is 4.98 Å². The largest absolute Gasteiger partial charge is 0.338 e. The zero-order chi connectivity index (χ0) is 17.1. The number of hydrogen-bond acceptors (Lipinski definition) is 6. The van der Waals surface area contributed by atoms with Crippen LogP contribution in [0.4, 0.5) is 0 Å². The predicted octanol–water partition coefficient (Wildman–Crippen LogP) is 3.61. The summed E-state index contributed by atoms with van der Waals surface area (Å²) in [4.78, 5) is 21.8. The van der Waals surface area contributed by atoms with Crippen molar-refractivity contribution >= 4 is 22.7 Å². The average Bonchev–Trinajstić information content (AvgIpc) is 3.08. The molecule has 0 spiro atoms. The number of aromatic nitrogens is 4. The molecule has 126 valence electrons. The van der Waals surface area contributed by atoms with Gasteiger partial charge in [-0.3, -0.25) is 9.36 Å². The first-order valence-electron chi connectivity index (χ1n) is 8.12.